The summed E-state index contributed by atoms with van der Waals surface area (Å²) in [5, 5.41) is 3.56. The van der Waals surface area contributed by atoms with Gasteiger partial charge in [0, 0.05) is 48.8 Å². The maximum Gasteiger partial charge on any atom is 0.0445 e. The number of hydrogen-bond donors (Lipinski definition) is 1. The summed E-state index contributed by atoms with van der Waals surface area (Å²) in [6, 6.07) is 3.44. The highest BCUT2D eigenvalue weighted by Crippen LogP contribution is 2.24. The molecule has 1 aliphatic carbocycles. The summed E-state index contributed by atoms with van der Waals surface area (Å²) in [5.41, 5.74) is 3.70. The van der Waals surface area contributed by atoms with Gasteiger partial charge in [-0.2, -0.15) is 0 Å². The van der Waals surface area contributed by atoms with Gasteiger partial charge in [-0.3, -0.25) is 4.98 Å². The molecule has 1 aromatic heterocycles. The smallest absolute Gasteiger partial charge is 0.0445 e. The van der Waals surface area contributed by atoms with Crippen molar-refractivity contribution in [1.82, 2.24) is 10.3 Å². The van der Waals surface area contributed by atoms with E-state index in [1.165, 1.54) is 24.1 Å². The summed E-state index contributed by atoms with van der Waals surface area (Å²) in [4.78, 5) is 6.73. The third-order valence-electron chi connectivity index (χ3n) is 3.41. The Balaban J connectivity index is 2.16. The summed E-state index contributed by atoms with van der Waals surface area (Å²) >= 11 is 0. The van der Waals surface area contributed by atoms with Gasteiger partial charge in [0.2, 0.25) is 0 Å². The number of rotatable bonds is 5. The fourth-order valence-electron chi connectivity index (χ4n) is 1.86. The second-order valence-electron chi connectivity index (χ2n) is 5.31. The lowest BCUT2D eigenvalue weighted by atomic mass is 10.1. The predicted octanol–water partition coefficient (Wildman–Crippen LogP) is 2.49. The molecule has 94 valence electrons. The maximum absolute atomic E-state index is 4.41. The van der Waals surface area contributed by atoms with E-state index in [9.17, 15) is 0 Å². The fraction of sp³-hybridized carbons (Fsp3) is 0.643. The van der Waals surface area contributed by atoms with Crippen LogP contribution in [-0.2, 0) is 6.54 Å². The van der Waals surface area contributed by atoms with E-state index in [1.807, 2.05) is 6.20 Å². The summed E-state index contributed by atoms with van der Waals surface area (Å²) in [6.45, 7) is 7.42. The van der Waals surface area contributed by atoms with Gasteiger partial charge >= 0.3 is 0 Å². The minimum Gasteiger partial charge on any atom is -0.372 e. The highest BCUT2D eigenvalue weighted by Gasteiger charge is 2.21. The van der Waals surface area contributed by atoms with Gasteiger partial charge in [0.05, 0.1) is 0 Å². The van der Waals surface area contributed by atoms with Crippen molar-refractivity contribution in [2.45, 2.75) is 52.2 Å². The molecule has 0 aliphatic heterocycles. The Morgan fingerprint density at radius 3 is 2.76 bits per heavy atom. The van der Waals surface area contributed by atoms with Crippen molar-refractivity contribution in [3.63, 3.8) is 0 Å². The Labute approximate surface area is 104 Å². The highest BCUT2D eigenvalue weighted by atomic mass is 15.1. The topological polar surface area (TPSA) is 28.2 Å². The molecule has 1 aliphatic rings. The summed E-state index contributed by atoms with van der Waals surface area (Å²) in [7, 11) is 2.15. The molecule has 17 heavy (non-hydrogen) atoms. The van der Waals surface area contributed by atoms with Crippen molar-refractivity contribution in [3.05, 3.63) is 23.5 Å². The van der Waals surface area contributed by atoms with Crippen LogP contribution in [0.25, 0.3) is 0 Å². The van der Waals surface area contributed by atoms with Crippen LogP contribution in [0.3, 0.4) is 0 Å². The Morgan fingerprint density at radius 2 is 2.18 bits per heavy atom. The number of nitrogens with one attached hydrogen (secondary N) is 1. The van der Waals surface area contributed by atoms with Gasteiger partial charge < -0.3 is 10.2 Å². The third kappa shape index (κ3) is 3.19. The zero-order valence-corrected chi connectivity index (χ0v) is 11.3. The summed E-state index contributed by atoms with van der Waals surface area (Å²) in [5.74, 6) is 0. The van der Waals surface area contributed by atoms with E-state index < -0.39 is 0 Å². The molecule has 1 fully saturated rings. The van der Waals surface area contributed by atoms with Crippen LogP contribution >= 0.6 is 0 Å². The summed E-state index contributed by atoms with van der Waals surface area (Å²) in [6.07, 6.45) is 4.67. The third-order valence-corrected chi connectivity index (χ3v) is 3.41. The highest BCUT2D eigenvalue weighted by molar-refractivity contribution is 5.53. The number of pyridine rings is 1. The SMILES string of the molecule is Cc1cc(N(C)C(C)C)c(CNC2CC2)cn1. The van der Waals surface area contributed by atoms with Crippen LogP contribution in [0, 0.1) is 6.92 Å². The average molecular weight is 233 g/mol. The lowest BCUT2D eigenvalue weighted by Gasteiger charge is -2.26. The zero-order valence-electron chi connectivity index (χ0n) is 11.3. The van der Waals surface area contributed by atoms with Crippen LogP contribution in [0.5, 0.6) is 0 Å². The molecule has 3 nitrogen and oxygen atoms in total. The first kappa shape index (κ1) is 12.4. The molecular formula is C14H23N3. The largest absolute Gasteiger partial charge is 0.372 e. The van der Waals surface area contributed by atoms with Crippen LogP contribution in [-0.4, -0.2) is 24.1 Å². The monoisotopic (exact) mass is 233 g/mol. The van der Waals surface area contributed by atoms with E-state index in [0.29, 0.717) is 6.04 Å². The van der Waals surface area contributed by atoms with Crippen LogP contribution in [0.15, 0.2) is 12.3 Å². The molecule has 0 aromatic carbocycles. The van der Waals surface area contributed by atoms with E-state index in [-0.39, 0.29) is 0 Å². The Bertz CT molecular complexity index is 383. The van der Waals surface area contributed by atoms with Crippen molar-refractivity contribution >= 4 is 5.69 Å². The first-order valence-electron chi connectivity index (χ1n) is 6.49. The first-order valence-corrected chi connectivity index (χ1v) is 6.49. The molecule has 3 heteroatoms. The van der Waals surface area contributed by atoms with Gasteiger partial charge in [-0.1, -0.05) is 0 Å². The molecule has 1 heterocycles. The van der Waals surface area contributed by atoms with Crippen molar-refractivity contribution in [2.75, 3.05) is 11.9 Å². The Kier molecular flexibility index (Phi) is 3.67. The molecule has 2 rings (SSSR count). The van der Waals surface area contributed by atoms with E-state index in [2.05, 4.69) is 49.1 Å². The Morgan fingerprint density at radius 1 is 1.47 bits per heavy atom. The van der Waals surface area contributed by atoms with E-state index in [4.69, 9.17) is 0 Å². The van der Waals surface area contributed by atoms with Gasteiger partial charge in [0.25, 0.3) is 0 Å². The van der Waals surface area contributed by atoms with Gasteiger partial charge in [-0.15, -0.1) is 0 Å². The van der Waals surface area contributed by atoms with Gasteiger partial charge in [0.1, 0.15) is 0 Å². The van der Waals surface area contributed by atoms with Crippen molar-refractivity contribution in [2.24, 2.45) is 0 Å². The quantitative estimate of drug-likeness (QED) is 0.847. The molecule has 0 radical (unpaired) electrons. The van der Waals surface area contributed by atoms with Crippen LogP contribution < -0.4 is 10.2 Å². The first-order chi connectivity index (χ1) is 8.08. The number of anilines is 1. The van der Waals surface area contributed by atoms with Crippen LogP contribution in [0.4, 0.5) is 5.69 Å². The molecule has 1 aromatic rings. The molecular weight excluding hydrogens is 210 g/mol. The number of aryl methyl sites for hydroxylation is 1. The lowest BCUT2D eigenvalue weighted by Crippen LogP contribution is -2.28. The van der Waals surface area contributed by atoms with Crippen molar-refractivity contribution < 1.29 is 0 Å². The van der Waals surface area contributed by atoms with E-state index in [0.717, 1.165) is 18.3 Å². The molecule has 0 atom stereocenters. The lowest BCUT2D eigenvalue weighted by molar-refractivity contribution is 0.676. The minimum atomic E-state index is 0.511. The van der Waals surface area contributed by atoms with Crippen LogP contribution in [0.2, 0.25) is 0 Å². The van der Waals surface area contributed by atoms with Gasteiger partial charge in [0.15, 0.2) is 0 Å². The maximum atomic E-state index is 4.41. The number of hydrogen-bond acceptors (Lipinski definition) is 3. The second-order valence-corrected chi connectivity index (χ2v) is 5.31. The predicted molar refractivity (Wildman–Crippen MR) is 72.4 cm³/mol. The number of aromatic nitrogens is 1. The standard InChI is InChI=1S/C14H23N3/c1-10(2)17(4)14-7-11(3)15-8-12(14)9-16-13-5-6-13/h7-8,10,13,16H,5-6,9H2,1-4H3. The Hall–Kier alpha value is -1.09. The van der Waals surface area contributed by atoms with Gasteiger partial charge in [-0.25, -0.2) is 0 Å². The molecule has 0 unspecified atom stereocenters. The van der Waals surface area contributed by atoms with E-state index in [1.54, 1.807) is 0 Å². The second kappa shape index (κ2) is 5.05. The van der Waals surface area contributed by atoms with Gasteiger partial charge in [-0.05, 0) is 39.7 Å². The fourth-order valence-corrected chi connectivity index (χ4v) is 1.86. The molecule has 0 saturated heterocycles. The molecule has 0 bridgehead atoms. The van der Waals surface area contributed by atoms with Crippen molar-refractivity contribution in [1.29, 1.82) is 0 Å². The summed E-state index contributed by atoms with van der Waals surface area (Å²) < 4.78 is 0. The van der Waals surface area contributed by atoms with Crippen LogP contribution in [0.1, 0.15) is 37.9 Å². The molecule has 0 amide bonds. The molecule has 1 N–H and O–H groups in total. The molecule has 0 spiro atoms. The average Bonchev–Trinajstić information content (AvgIpc) is 3.10. The van der Waals surface area contributed by atoms with E-state index >= 15 is 0 Å². The normalized spacial score (nSPS) is 15.4. The minimum absolute atomic E-state index is 0.511. The number of nitrogens with zero attached hydrogens (tertiary/aromatic N) is 2. The van der Waals surface area contributed by atoms with Crippen molar-refractivity contribution in [3.8, 4) is 0 Å². The molecule has 1 saturated carbocycles. The zero-order chi connectivity index (χ0) is 12.4.